The molecule has 3 heterocycles. The van der Waals surface area contributed by atoms with Gasteiger partial charge in [0.25, 0.3) is 0 Å². The molecule has 10 heteroatoms. The molecule has 0 aromatic rings. The van der Waals surface area contributed by atoms with Crippen LogP contribution in [0.5, 0.6) is 0 Å². The highest BCUT2D eigenvalue weighted by Gasteiger charge is 2.52. The lowest BCUT2D eigenvalue weighted by Gasteiger charge is -2.52. The maximum atomic E-state index is 13.6. The van der Waals surface area contributed by atoms with E-state index >= 15 is 0 Å². The number of methoxy groups -OCH3 is 1. The number of unbranched alkanes of at least 4 members (excludes halogenated alkanes) is 1. The first-order valence-corrected chi connectivity index (χ1v) is 21.6. The van der Waals surface area contributed by atoms with E-state index in [0.29, 0.717) is 38.0 Å². The number of esters is 1. The number of ether oxygens (including phenoxy) is 4. The van der Waals surface area contributed by atoms with Crippen molar-refractivity contribution in [2.24, 2.45) is 35.5 Å². The summed E-state index contributed by atoms with van der Waals surface area (Å²) >= 11 is 0. The lowest BCUT2D eigenvalue weighted by molar-refractivity contribution is -0.349. The molecule has 0 saturated carbocycles. The molecular formula is C45H78O10. The van der Waals surface area contributed by atoms with Crippen LogP contribution >= 0.6 is 0 Å². The average Bonchev–Trinajstić information content (AvgIpc) is 3.15. The Bertz CT molecular complexity index is 1190. The van der Waals surface area contributed by atoms with Gasteiger partial charge >= 0.3 is 5.97 Å². The van der Waals surface area contributed by atoms with E-state index in [4.69, 9.17) is 18.9 Å². The fourth-order valence-electron chi connectivity index (χ4n) is 8.75. The number of aliphatic hydroxyl groups is 5. The summed E-state index contributed by atoms with van der Waals surface area (Å²) in [6, 6.07) is 0. The molecule has 0 radical (unpaired) electrons. The molecule has 3 rings (SSSR count). The summed E-state index contributed by atoms with van der Waals surface area (Å²) < 4.78 is 25.8. The highest BCUT2D eigenvalue weighted by atomic mass is 16.7. The molecule has 3 aliphatic heterocycles. The predicted molar refractivity (Wildman–Crippen MR) is 216 cm³/mol. The lowest BCUT2D eigenvalue weighted by Crippen LogP contribution is -2.58. The Kier molecular flexibility index (Phi) is 20.6. The third-order valence-electron chi connectivity index (χ3n) is 12.9. The number of rotatable bonds is 7. The van der Waals surface area contributed by atoms with Gasteiger partial charge in [-0.15, -0.1) is 0 Å². The maximum absolute atomic E-state index is 13.6. The van der Waals surface area contributed by atoms with E-state index < -0.39 is 66.3 Å². The molecule has 1 spiro atoms. The molecule has 2 saturated heterocycles. The molecule has 0 aliphatic carbocycles. The molecule has 5 N–H and O–H groups in total. The second-order valence-corrected chi connectivity index (χ2v) is 17.4. The van der Waals surface area contributed by atoms with Gasteiger partial charge in [-0.05, 0) is 83.0 Å². The van der Waals surface area contributed by atoms with Gasteiger partial charge < -0.3 is 44.5 Å². The molecular weight excluding hydrogens is 700 g/mol. The van der Waals surface area contributed by atoms with Crippen molar-refractivity contribution in [3.8, 4) is 0 Å². The Balaban J connectivity index is 1.95. The quantitative estimate of drug-likeness (QED) is 0.168. The minimum atomic E-state index is -0.953. The van der Waals surface area contributed by atoms with Crippen molar-refractivity contribution in [2.45, 2.75) is 199 Å². The SMILES string of the molecule is CCCC[C@H]1[C@@H]2C[C@@]3(CC[C@H](C)[C@H](C[C@@H](C)O)O3)O[C@H]1CCC(CC)/C=C/C=C/CC[C@@H](O)[C@@H](C)C(O)C[C@@H](OC)C[C@@H](O)[C@H](C)[C@H](O)[C@@H](C)/C=C/C(=O)O2. The monoisotopic (exact) mass is 779 g/mol. The van der Waals surface area contributed by atoms with Crippen molar-refractivity contribution in [1.82, 2.24) is 0 Å². The van der Waals surface area contributed by atoms with Crippen LogP contribution in [-0.4, -0.2) is 99.3 Å². The first kappa shape index (κ1) is 47.7. The van der Waals surface area contributed by atoms with Crippen LogP contribution < -0.4 is 0 Å². The van der Waals surface area contributed by atoms with Gasteiger partial charge in [-0.25, -0.2) is 4.79 Å². The number of carbonyl (C=O) groups is 1. The number of carbonyl (C=O) groups excluding carboxylic acids is 1. The summed E-state index contributed by atoms with van der Waals surface area (Å²) in [5, 5.41) is 54.5. The van der Waals surface area contributed by atoms with Crippen LogP contribution in [0.3, 0.4) is 0 Å². The fraction of sp³-hybridized carbons (Fsp3) is 0.844. The Morgan fingerprint density at radius 2 is 1.60 bits per heavy atom. The number of fused-ring (bicyclic) bond motifs is 2. The van der Waals surface area contributed by atoms with Gasteiger partial charge in [0.05, 0.1) is 48.8 Å². The first-order chi connectivity index (χ1) is 26.1. The summed E-state index contributed by atoms with van der Waals surface area (Å²) in [4.78, 5) is 13.6. The largest absolute Gasteiger partial charge is 0.459 e. The van der Waals surface area contributed by atoms with Crippen LogP contribution in [0.4, 0.5) is 0 Å². The van der Waals surface area contributed by atoms with E-state index in [-0.39, 0.29) is 42.8 Å². The molecule has 3 aliphatic rings. The number of hydrogen-bond donors (Lipinski definition) is 5. The van der Waals surface area contributed by atoms with Gasteiger partial charge in [0.2, 0.25) is 0 Å². The zero-order valence-corrected chi connectivity index (χ0v) is 35.3. The van der Waals surface area contributed by atoms with Gasteiger partial charge in [0.1, 0.15) is 6.10 Å². The molecule has 2 unspecified atom stereocenters. The second kappa shape index (κ2) is 23.7. The second-order valence-electron chi connectivity index (χ2n) is 17.4. The van der Waals surface area contributed by atoms with Crippen LogP contribution in [0.1, 0.15) is 138 Å². The van der Waals surface area contributed by atoms with Gasteiger partial charge in [-0.2, -0.15) is 0 Å². The van der Waals surface area contributed by atoms with Crippen molar-refractivity contribution in [3.63, 3.8) is 0 Å². The van der Waals surface area contributed by atoms with Crippen LogP contribution in [0, 0.1) is 35.5 Å². The van der Waals surface area contributed by atoms with E-state index in [1.807, 2.05) is 26.0 Å². The molecule has 0 amide bonds. The number of allylic oxidation sites excluding steroid dienone is 4. The third kappa shape index (κ3) is 14.9. The van der Waals surface area contributed by atoms with Crippen LogP contribution in [0.15, 0.2) is 36.5 Å². The number of hydrogen-bond acceptors (Lipinski definition) is 10. The molecule has 2 fully saturated rings. The van der Waals surface area contributed by atoms with Crippen LogP contribution in [0.25, 0.3) is 0 Å². The van der Waals surface area contributed by atoms with Gasteiger partial charge in [0.15, 0.2) is 5.79 Å². The standard InChI is InChI=1S/C45H78O10/c1-9-11-17-36-40-21-20-34(10-2)16-14-12-13-15-18-37(47)32(6)38(48)26-35(52-8)27-39(49)33(7)44(51)30(4)19-22-43(50)53-42(36)28-45(54-40)24-23-29(3)41(55-45)25-31(5)46/h12-14,16,19,22,29-42,44,46-49,51H,9-11,15,17-18,20-21,23-28H2,1-8H3/b13-12+,16-14+,22-19+/t29-,30-,31+,32+,33-,34?,35+,36+,37+,38?,39+,40-,41-,42-,44+,45-/m0/s1. The van der Waals surface area contributed by atoms with Gasteiger partial charge in [-0.3, -0.25) is 0 Å². The highest BCUT2D eigenvalue weighted by molar-refractivity contribution is 5.82. The molecule has 55 heavy (non-hydrogen) atoms. The normalized spacial score (nSPS) is 43.3. The zero-order chi connectivity index (χ0) is 40.7. The van der Waals surface area contributed by atoms with Crippen molar-refractivity contribution >= 4 is 5.97 Å². The topological polar surface area (TPSA) is 155 Å². The maximum Gasteiger partial charge on any atom is 0.330 e. The summed E-state index contributed by atoms with van der Waals surface area (Å²) in [6.07, 6.45) is 15.9. The van der Waals surface area contributed by atoms with E-state index in [0.717, 1.165) is 44.9 Å². The van der Waals surface area contributed by atoms with Gasteiger partial charge in [0, 0.05) is 49.7 Å². The van der Waals surface area contributed by atoms with E-state index in [2.05, 4.69) is 32.9 Å². The summed E-state index contributed by atoms with van der Waals surface area (Å²) in [7, 11) is 1.54. The highest BCUT2D eigenvalue weighted by Crippen LogP contribution is 2.47. The Hall–Kier alpha value is -1.63. The molecule has 0 aromatic heterocycles. The minimum absolute atomic E-state index is 0.0136. The van der Waals surface area contributed by atoms with E-state index in [1.54, 1.807) is 19.9 Å². The lowest BCUT2D eigenvalue weighted by atomic mass is 9.78. The average molecular weight is 779 g/mol. The third-order valence-corrected chi connectivity index (χ3v) is 12.9. The molecule has 318 valence electrons. The van der Waals surface area contributed by atoms with Crippen LogP contribution in [0.2, 0.25) is 0 Å². The molecule has 16 atom stereocenters. The van der Waals surface area contributed by atoms with Crippen molar-refractivity contribution < 1.29 is 49.3 Å². The van der Waals surface area contributed by atoms with Crippen molar-refractivity contribution in [1.29, 1.82) is 0 Å². The smallest absolute Gasteiger partial charge is 0.330 e. The molecule has 2 bridgehead atoms. The molecule has 10 nitrogen and oxygen atoms in total. The summed E-state index contributed by atoms with van der Waals surface area (Å²) in [6.45, 7) is 13.7. The van der Waals surface area contributed by atoms with Crippen molar-refractivity contribution in [3.05, 3.63) is 36.5 Å². The number of aliphatic hydroxyl groups excluding tert-OH is 5. The van der Waals surface area contributed by atoms with E-state index in [9.17, 15) is 30.3 Å². The Morgan fingerprint density at radius 1 is 0.891 bits per heavy atom. The van der Waals surface area contributed by atoms with Crippen molar-refractivity contribution in [2.75, 3.05) is 7.11 Å². The van der Waals surface area contributed by atoms with Crippen LogP contribution in [-0.2, 0) is 23.7 Å². The Labute approximate surface area is 332 Å². The Morgan fingerprint density at radius 3 is 2.25 bits per heavy atom. The minimum Gasteiger partial charge on any atom is -0.459 e. The summed E-state index contributed by atoms with van der Waals surface area (Å²) in [5.41, 5.74) is 0. The molecule has 0 aromatic carbocycles. The first-order valence-electron chi connectivity index (χ1n) is 21.6. The fourth-order valence-corrected chi connectivity index (χ4v) is 8.75. The summed E-state index contributed by atoms with van der Waals surface area (Å²) in [5.74, 6) is -2.21. The zero-order valence-electron chi connectivity index (χ0n) is 35.3. The van der Waals surface area contributed by atoms with E-state index in [1.165, 1.54) is 13.2 Å². The van der Waals surface area contributed by atoms with Gasteiger partial charge in [-0.1, -0.05) is 84.8 Å². The predicted octanol–water partition coefficient (Wildman–Crippen LogP) is 7.19.